The Morgan fingerprint density at radius 3 is 3.07 bits per heavy atom. The molecule has 0 atom stereocenters. The molecule has 1 aliphatic heterocycles. The minimum absolute atomic E-state index is 1.09. The SMILES string of the molecule is CCc1cccc2c1N(C)CCCN2. The second kappa shape index (κ2) is 3.91. The van der Waals surface area contributed by atoms with Crippen molar-refractivity contribution in [3.63, 3.8) is 0 Å². The third-order valence-electron chi connectivity index (χ3n) is 2.87. The molecule has 2 rings (SSSR count). The second-order valence-electron chi connectivity index (χ2n) is 3.87. The highest BCUT2D eigenvalue weighted by Gasteiger charge is 2.13. The van der Waals surface area contributed by atoms with Gasteiger partial charge in [-0.15, -0.1) is 0 Å². The van der Waals surface area contributed by atoms with E-state index >= 15 is 0 Å². The lowest BCUT2D eigenvalue weighted by Gasteiger charge is -2.22. The van der Waals surface area contributed by atoms with Crippen LogP contribution in [0.3, 0.4) is 0 Å². The van der Waals surface area contributed by atoms with Crippen molar-refractivity contribution in [2.75, 3.05) is 30.4 Å². The molecule has 1 aromatic rings. The Morgan fingerprint density at radius 1 is 1.43 bits per heavy atom. The molecular weight excluding hydrogens is 172 g/mol. The molecule has 76 valence electrons. The van der Waals surface area contributed by atoms with Crippen molar-refractivity contribution in [2.24, 2.45) is 0 Å². The monoisotopic (exact) mass is 190 g/mol. The van der Waals surface area contributed by atoms with Gasteiger partial charge in [0.25, 0.3) is 0 Å². The Hall–Kier alpha value is -1.18. The maximum Gasteiger partial charge on any atom is 0.0631 e. The third kappa shape index (κ3) is 1.57. The van der Waals surface area contributed by atoms with E-state index in [1.54, 1.807) is 0 Å². The summed E-state index contributed by atoms with van der Waals surface area (Å²) in [6, 6.07) is 6.54. The van der Waals surface area contributed by atoms with Gasteiger partial charge in [-0.25, -0.2) is 0 Å². The summed E-state index contributed by atoms with van der Waals surface area (Å²) in [5.41, 5.74) is 4.14. The van der Waals surface area contributed by atoms with Gasteiger partial charge in [-0.1, -0.05) is 19.1 Å². The molecule has 0 saturated heterocycles. The predicted octanol–water partition coefficient (Wildman–Crippen LogP) is 2.50. The summed E-state index contributed by atoms with van der Waals surface area (Å²) in [4.78, 5) is 2.37. The number of anilines is 2. The van der Waals surface area contributed by atoms with Gasteiger partial charge < -0.3 is 10.2 Å². The number of benzene rings is 1. The molecule has 0 unspecified atom stereocenters. The highest BCUT2D eigenvalue weighted by Crippen LogP contribution is 2.31. The van der Waals surface area contributed by atoms with Gasteiger partial charge >= 0.3 is 0 Å². The molecule has 0 fully saturated rings. The van der Waals surface area contributed by atoms with Crippen LogP contribution < -0.4 is 10.2 Å². The van der Waals surface area contributed by atoms with Crippen LogP contribution in [0.1, 0.15) is 18.9 Å². The van der Waals surface area contributed by atoms with E-state index in [2.05, 4.69) is 42.4 Å². The van der Waals surface area contributed by atoms with Gasteiger partial charge in [0.05, 0.1) is 11.4 Å². The van der Waals surface area contributed by atoms with Crippen molar-refractivity contribution in [1.29, 1.82) is 0 Å². The van der Waals surface area contributed by atoms with Crippen LogP contribution in [0.15, 0.2) is 18.2 Å². The summed E-state index contributed by atoms with van der Waals surface area (Å²) in [5.74, 6) is 0. The van der Waals surface area contributed by atoms with E-state index in [-0.39, 0.29) is 0 Å². The molecule has 0 spiro atoms. The van der Waals surface area contributed by atoms with Crippen molar-refractivity contribution in [3.05, 3.63) is 23.8 Å². The fourth-order valence-electron chi connectivity index (χ4n) is 2.12. The molecule has 0 aliphatic carbocycles. The molecule has 1 aliphatic rings. The first-order valence-electron chi connectivity index (χ1n) is 5.40. The molecule has 2 heteroatoms. The summed E-state index contributed by atoms with van der Waals surface area (Å²) in [7, 11) is 2.19. The number of nitrogens with one attached hydrogen (secondary N) is 1. The van der Waals surface area contributed by atoms with E-state index in [0.717, 1.165) is 19.5 Å². The lowest BCUT2D eigenvalue weighted by atomic mass is 10.1. The molecule has 0 amide bonds. The second-order valence-corrected chi connectivity index (χ2v) is 3.87. The van der Waals surface area contributed by atoms with Crippen LogP contribution in [-0.4, -0.2) is 20.1 Å². The Labute approximate surface area is 85.9 Å². The van der Waals surface area contributed by atoms with Crippen molar-refractivity contribution < 1.29 is 0 Å². The van der Waals surface area contributed by atoms with E-state index in [0.29, 0.717) is 0 Å². The van der Waals surface area contributed by atoms with Crippen molar-refractivity contribution in [3.8, 4) is 0 Å². The molecule has 0 saturated carbocycles. The molecule has 1 N–H and O–H groups in total. The van der Waals surface area contributed by atoms with Crippen molar-refractivity contribution in [1.82, 2.24) is 0 Å². The molecule has 2 nitrogen and oxygen atoms in total. The Balaban J connectivity index is 2.47. The number of fused-ring (bicyclic) bond motifs is 1. The van der Waals surface area contributed by atoms with Gasteiger partial charge in [-0.3, -0.25) is 0 Å². The number of rotatable bonds is 1. The van der Waals surface area contributed by atoms with Crippen LogP contribution in [0.2, 0.25) is 0 Å². The first-order valence-corrected chi connectivity index (χ1v) is 5.40. The predicted molar refractivity (Wildman–Crippen MR) is 62.2 cm³/mol. The number of hydrogen-bond acceptors (Lipinski definition) is 2. The van der Waals surface area contributed by atoms with Crippen LogP contribution in [0.25, 0.3) is 0 Å². The van der Waals surface area contributed by atoms with Crippen LogP contribution in [-0.2, 0) is 6.42 Å². The largest absolute Gasteiger partial charge is 0.383 e. The van der Waals surface area contributed by atoms with Gasteiger partial charge in [-0.05, 0) is 24.5 Å². The fourth-order valence-corrected chi connectivity index (χ4v) is 2.12. The van der Waals surface area contributed by atoms with Gasteiger partial charge in [0.15, 0.2) is 0 Å². The summed E-state index contributed by atoms with van der Waals surface area (Å²) in [5, 5.41) is 3.49. The van der Waals surface area contributed by atoms with Crippen LogP contribution in [0.4, 0.5) is 11.4 Å². The maximum absolute atomic E-state index is 3.49. The molecule has 0 radical (unpaired) electrons. The van der Waals surface area contributed by atoms with Gasteiger partial charge in [0.2, 0.25) is 0 Å². The molecule has 14 heavy (non-hydrogen) atoms. The normalized spacial score (nSPS) is 15.7. The van der Waals surface area contributed by atoms with Crippen LogP contribution in [0.5, 0.6) is 0 Å². The summed E-state index contributed by atoms with van der Waals surface area (Å²) in [6.45, 7) is 4.45. The number of hydrogen-bond donors (Lipinski definition) is 1. The summed E-state index contributed by atoms with van der Waals surface area (Å²) >= 11 is 0. The Morgan fingerprint density at radius 2 is 2.29 bits per heavy atom. The lowest BCUT2D eigenvalue weighted by molar-refractivity contribution is 0.833. The van der Waals surface area contributed by atoms with Gasteiger partial charge in [0, 0.05) is 20.1 Å². The van der Waals surface area contributed by atoms with E-state index in [9.17, 15) is 0 Å². The quantitative estimate of drug-likeness (QED) is 0.732. The van der Waals surface area contributed by atoms with Crippen molar-refractivity contribution in [2.45, 2.75) is 19.8 Å². The molecule has 1 aromatic carbocycles. The first-order chi connectivity index (χ1) is 6.83. The zero-order valence-corrected chi connectivity index (χ0v) is 9.01. The van der Waals surface area contributed by atoms with Gasteiger partial charge in [0.1, 0.15) is 0 Å². The van der Waals surface area contributed by atoms with E-state index in [1.165, 1.54) is 23.4 Å². The van der Waals surface area contributed by atoms with Crippen molar-refractivity contribution >= 4 is 11.4 Å². The number of para-hydroxylation sites is 1. The third-order valence-corrected chi connectivity index (χ3v) is 2.87. The molecule has 1 heterocycles. The summed E-state index contributed by atoms with van der Waals surface area (Å²) in [6.07, 6.45) is 2.32. The topological polar surface area (TPSA) is 15.3 Å². The Bertz CT molecular complexity index is 320. The zero-order chi connectivity index (χ0) is 9.97. The van der Waals surface area contributed by atoms with Crippen LogP contribution >= 0.6 is 0 Å². The fraction of sp³-hybridized carbons (Fsp3) is 0.500. The zero-order valence-electron chi connectivity index (χ0n) is 9.01. The molecule has 0 aromatic heterocycles. The average Bonchev–Trinajstić information content (AvgIpc) is 2.40. The standard InChI is InChI=1S/C12H18N2/c1-3-10-6-4-7-11-12(10)14(2)9-5-8-13-11/h4,6-7,13H,3,5,8-9H2,1-2H3. The van der Waals surface area contributed by atoms with E-state index in [1.807, 2.05) is 0 Å². The Kier molecular flexibility index (Phi) is 2.62. The smallest absolute Gasteiger partial charge is 0.0631 e. The van der Waals surface area contributed by atoms with Crippen LogP contribution in [0, 0.1) is 0 Å². The van der Waals surface area contributed by atoms with E-state index in [4.69, 9.17) is 0 Å². The summed E-state index contributed by atoms with van der Waals surface area (Å²) < 4.78 is 0. The minimum Gasteiger partial charge on any atom is -0.383 e. The molecule has 0 bridgehead atoms. The highest BCUT2D eigenvalue weighted by atomic mass is 15.1. The average molecular weight is 190 g/mol. The first kappa shape index (κ1) is 9.38. The highest BCUT2D eigenvalue weighted by molar-refractivity contribution is 5.74. The van der Waals surface area contributed by atoms with E-state index < -0.39 is 0 Å². The number of aryl methyl sites for hydroxylation is 1. The maximum atomic E-state index is 3.49. The molecular formula is C12H18N2. The lowest BCUT2D eigenvalue weighted by Crippen LogP contribution is -2.18. The minimum atomic E-state index is 1.09. The van der Waals surface area contributed by atoms with Gasteiger partial charge in [-0.2, -0.15) is 0 Å². The number of nitrogens with zero attached hydrogens (tertiary/aromatic N) is 1.